The fraction of sp³-hybridized carbons (Fsp3) is 0.333. The summed E-state index contributed by atoms with van der Waals surface area (Å²) in [6, 6.07) is 4.77. The van der Waals surface area contributed by atoms with E-state index in [0.717, 1.165) is 6.26 Å². The van der Waals surface area contributed by atoms with E-state index < -0.39 is 15.9 Å². The molecule has 0 saturated carbocycles. The number of aryl methyl sites for hydroxylation is 1. The molecule has 0 unspecified atom stereocenters. The second kappa shape index (κ2) is 6.73. The molecule has 1 atom stereocenters. The second-order valence-corrected chi connectivity index (χ2v) is 10.0. The van der Waals surface area contributed by atoms with Crippen molar-refractivity contribution in [3.63, 3.8) is 0 Å². The average molecular weight is 429 g/mol. The number of fused-ring (bicyclic) bond motifs is 2. The van der Waals surface area contributed by atoms with Gasteiger partial charge in [0.25, 0.3) is 11.5 Å². The van der Waals surface area contributed by atoms with Gasteiger partial charge in [0.2, 0.25) is 0 Å². The number of amides is 1. The highest BCUT2D eigenvalue weighted by Crippen LogP contribution is 2.45. The SMILES string of the molecule is CC(C)[C@H]1Oc2c(-c3cn(C)c(=O)c4[nH]ccc34)cc(S(C)(=O)=O)cc2N(C)C1=O. The number of pyridine rings is 1. The highest BCUT2D eigenvalue weighted by Gasteiger charge is 2.37. The molecule has 0 radical (unpaired) electrons. The summed E-state index contributed by atoms with van der Waals surface area (Å²) in [4.78, 5) is 29.7. The number of likely N-dealkylation sites (N-methyl/N-ethyl adjacent to an activating group) is 1. The molecule has 3 heterocycles. The third kappa shape index (κ3) is 3.00. The van der Waals surface area contributed by atoms with Gasteiger partial charge in [-0.3, -0.25) is 9.59 Å². The lowest BCUT2D eigenvalue weighted by molar-refractivity contribution is -0.127. The number of carbonyl (C=O) groups excluding carboxylic acids is 1. The molecule has 1 aromatic carbocycles. The van der Waals surface area contributed by atoms with Crippen LogP contribution in [0, 0.1) is 5.92 Å². The second-order valence-electron chi connectivity index (χ2n) is 8.00. The van der Waals surface area contributed by atoms with Crippen molar-refractivity contribution in [2.75, 3.05) is 18.2 Å². The molecule has 158 valence electrons. The summed E-state index contributed by atoms with van der Waals surface area (Å²) in [5, 5.41) is 0.648. The summed E-state index contributed by atoms with van der Waals surface area (Å²) in [7, 11) is -0.322. The number of nitrogens with one attached hydrogen (secondary N) is 1. The summed E-state index contributed by atoms with van der Waals surface area (Å²) < 4.78 is 32.4. The minimum absolute atomic E-state index is 0.0695. The first-order valence-electron chi connectivity index (χ1n) is 9.50. The highest BCUT2D eigenvalue weighted by molar-refractivity contribution is 7.90. The van der Waals surface area contributed by atoms with Crippen molar-refractivity contribution in [2.45, 2.75) is 24.8 Å². The van der Waals surface area contributed by atoms with Gasteiger partial charge in [-0.05, 0) is 24.1 Å². The first kappa shape index (κ1) is 20.2. The maximum absolute atomic E-state index is 12.8. The van der Waals surface area contributed by atoms with Gasteiger partial charge in [0.05, 0.1) is 10.6 Å². The zero-order valence-electron chi connectivity index (χ0n) is 17.4. The largest absolute Gasteiger partial charge is 0.477 e. The zero-order valence-corrected chi connectivity index (χ0v) is 18.2. The molecule has 4 rings (SSSR count). The van der Waals surface area contributed by atoms with Gasteiger partial charge in [-0.2, -0.15) is 0 Å². The number of hydrogen-bond donors (Lipinski definition) is 1. The van der Waals surface area contributed by atoms with E-state index in [4.69, 9.17) is 4.74 Å². The number of ether oxygens (including phenoxy) is 1. The molecular weight excluding hydrogens is 406 g/mol. The van der Waals surface area contributed by atoms with Crippen molar-refractivity contribution in [3.05, 3.63) is 40.9 Å². The van der Waals surface area contributed by atoms with E-state index in [1.807, 2.05) is 13.8 Å². The molecule has 3 aromatic rings. The Morgan fingerprint density at radius 2 is 1.83 bits per heavy atom. The van der Waals surface area contributed by atoms with Crippen LogP contribution < -0.4 is 15.2 Å². The molecular formula is C21H23N3O5S. The van der Waals surface area contributed by atoms with Crippen LogP contribution in [0.4, 0.5) is 5.69 Å². The lowest BCUT2D eigenvalue weighted by Gasteiger charge is -2.35. The number of H-pyrrole nitrogens is 1. The number of carbonyl (C=O) groups is 1. The van der Waals surface area contributed by atoms with Gasteiger partial charge >= 0.3 is 0 Å². The van der Waals surface area contributed by atoms with Crippen LogP contribution in [0.15, 0.2) is 40.3 Å². The van der Waals surface area contributed by atoms with Gasteiger partial charge < -0.3 is 19.2 Å². The number of rotatable bonds is 3. The molecule has 0 fully saturated rings. The first-order valence-corrected chi connectivity index (χ1v) is 11.4. The van der Waals surface area contributed by atoms with E-state index >= 15 is 0 Å². The molecule has 1 aliphatic rings. The van der Waals surface area contributed by atoms with Crippen molar-refractivity contribution in [1.82, 2.24) is 9.55 Å². The third-order valence-corrected chi connectivity index (χ3v) is 6.53. The maximum atomic E-state index is 12.8. The van der Waals surface area contributed by atoms with Crippen LogP contribution in [0.2, 0.25) is 0 Å². The standard InChI is InChI=1S/C21H23N3O5S/c1-11(2)18-21(26)24(4)16-9-12(30(5,27)28)8-14(19(16)29-18)15-10-23(3)20(25)17-13(15)6-7-22-17/h6-11,18,22H,1-5H3/t18-/m1/s1. The molecule has 1 aliphatic heterocycles. The molecule has 8 nitrogen and oxygen atoms in total. The predicted molar refractivity (Wildman–Crippen MR) is 115 cm³/mol. The molecule has 1 N–H and O–H groups in total. The summed E-state index contributed by atoms with van der Waals surface area (Å²) in [5.41, 5.74) is 1.75. The fourth-order valence-corrected chi connectivity index (χ4v) is 4.42. The van der Waals surface area contributed by atoms with Gasteiger partial charge in [-0.15, -0.1) is 0 Å². The van der Waals surface area contributed by atoms with Crippen LogP contribution in [0.1, 0.15) is 13.8 Å². The molecule has 30 heavy (non-hydrogen) atoms. The van der Waals surface area contributed by atoms with E-state index in [0.29, 0.717) is 33.5 Å². The Hall–Kier alpha value is -3.07. The quantitative estimate of drug-likeness (QED) is 0.689. The van der Waals surface area contributed by atoms with Crippen LogP contribution in [0.5, 0.6) is 5.75 Å². The van der Waals surface area contributed by atoms with Gasteiger partial charge in [0, 0.05) is 49.3 Å². The highest BCUT2D eigenvalue weighted by atomic mass is 32.2. The topological polar surface area (TPSA) is 101 Å². The molecule has 0 saturated heterocycles. The smallest absolute Gasteiger partial charge is 0.274 e. The Balaban J connectivity index is 2.11. The van der Waals surface area contributed by atoms with Crippen molar-refractivity contribution in [1.29, 1.82) is 0 Å². The van der Waals surface area contributed by atoms with E-state index in [2.05, 4.69) is 4.98 Å². The normalized spacial score (nSPS) is 16.8. The van der Waals surface area contributed by atoms with E-state index in [9.17, 15) is 18.0 Å². The third-order valence-electron chi connectivity index (χ3n) is 5.44. The Bertz CT molecular complexity index is 1350. The Kier molecular flexibility index (Phi) is 4.54. The number of anilines is 1. The number of aromatic nitrogens is 2. The number of benzene rings is 1. The Labute approximate surface area is 174 Å². The summed E-state index contributed by atoms with van der Waals surface area (Å²) in [6.45, 7) is 3.78. The van der Waals surface area contributed by atoms with Crippen LogP contribution in [-0.2, 0) is 21.7 Å². The molecule has 0 bridgehead atoms. The van der Waals surface area contributed by atoms with Crippen LogP contribution >= 0.6 is 0 Å². The van der Waals surface area contributed by atoms with Gasteiger partial charge in [-0.1, -0.05) is 13.8 Å². The van der Waals surface area contributed by atoms with Crippen molar-refractivity contribution < 1.29 is 17.9 Å². The van der Waals surface area contributed by atoms with Crippen LogP contribution in [0.3, 0.4) is 0 Å². The molecule has 0 spiro atoms. The average Bonchev–Trinajstić information content (AvgIpc) is 3.16. The van der Waals surface area contributed by atoms with Gasteiger partial charge in [0.1, 0.15) is 5.52 Å². The number of nitrogens with zero attached hydrogens (tertiary/aromatic N) is 2. The summed E-state index contributed by atoms with van der Waals surface area (Å²) >= 11 is 0. The fourth-order valence-electron chi connectivity index (χ4n) is 3.77. The van der Waals surface area contributed by atoms with E-state index in [-0.39, 0.29) is 22.3 Å². The minimum Gasteiger partial charge on any atom is -0.477 e. The van der Waals surface area contributed by atoms with Crippen molar-refractivity contribution in [2.24, 2.45) is 13.0 Å². The molecule has 0 aliphatic carbocycles. The Morgan fingerprint density at radius 3 is 2.47 bits per heavy atom. The molecule has 1 amide bonds. The maximum Gasteiger partial charge on any atom is 0.274 e. The lowest BCUT2D eigenvalue weighted by Crippen LogP contribution is -2.46. The lowest BCUT2D eigenvalue weighted by atomic mass is 9.98. The first-order chi connectivity index (χ1) is 14.0. The van der Waals surface area contributed by atoms with Crippen LogP contribution in [-0.4, -0.2) is 43.3 Å². The van der Waals surface area contributed by atoms with Crippen LogP contribution in [0.25, 0.3) is 22.0 Å². The van der Waals surface area contributed by atoms with Gasteiger partial charge in [-0.25, -0.2) is 8.42 Å². The molecule has 2 aromatic heterocycles. The number of hydrogen-bond acceptors (Lipinski definition) is 5. The summed E-state index contributed by atoms with van der Waals surface area (Å²) in [6.07, 6.45) is 3.74. The number of sulfone groups is 1. The number of aromatic amines is 1. The van der Waals surface area contributed by atoms with E-state index in [1.54, 1.807) is 38.6 Å². The minimum atomic E-state index is -3.57. The predicted octanol–water partition coefficient (Wildman–Crippen LogP) is 2.32. The van der Waals surface area contributed by atoms with Crippen molar-refractivity contribution in [3.8, 4) is 16.9 Å². The van der Waals surface area contributed by atoms with Crippen molar-refractivity contribution >= 4 is 32.3 Å². The van der Waals surface area contributed by atoms with E-state index in [1.165, 1.54) is 15.5 Å². The molecule has 9 heteroatoms. The Morgan fingerprint density at radius 1 is 1.13 bits per heavy atom. The monoisotopic (exact) mass is 429 g/mol. The van der Waals surface area contributed by atoms with Gasteiger partial charge in [0.15, 0.2) is 21.7 Å². The summed E-state index contributed by atoms with van der Waals surface area (Å²) in [5.74, 6) is 0.105. The zero-order chi connectivity index (χ0) is 22.0.